The van der Waals surface area contributed by atoms with E-state index >= 15 is 0 Å². The quantitative estimate of drug-likeness (QED) is 0.391. The molecule has 6 heteroatoms. The molecule has 0 radical (unpaired) electrons. The zero-order valence-corrected chi connectivity index (χ0v) is 17.6. The molecule has 3 aromatic rings. The summed E-state index contributed by atoms with van der Waals surface area (Å²) in [5, 5.41) is 4.72. The van der Waals surface area contributed by atoms with Crippen LogP contribution in [-0.2, 0) is 6.61 Å². The number of hydrogen-bond donors (Lipinski definition) is 1. The van der Waals surface area contributed by atoms with Crippen molar-refractivity contribution in [2.45, 2.75) is 20.5 Å². The lowest BCUT2D eigenvalue weighted by Gasteiger charge is -2.13. The van der Waals surface area contributed by atoms with Gasteiger partial charge in [0.05, 0.1) is 12.8 Å². The fraction of sp³-hybridized carbons (Fsp3) is 0.167. The Hall–Kier alpha value is -3.31. The highest BCUT2D eigenvalue weighted by molar-refractivity contribution is 6.30. The molecule has 0 aliphatic carbocycles. The predicted molar refractivity (Wildman–Crippen MR) is 120 cm³/mol. The van der Waals surface area contributed by atoms with Crippen molar-refractivity contribution in [3.8, 4) is 11.5 Å². The maximum Gasteiger partial charge on any atom is 0.271 e. The van der Waals surface area contributed by atoms with Crippen LogP contribution in [0, 0.1) is 6.92 Å². The van der Waals surface area contributed by atoms with Gasteiger partial charge in [-0.25, -0.2) is 5.43 Å². The topological polar surface area (TPSA) is 59.9 Å². The van der Waals surface area contributed by atoms with Gasteiger partial charge in [-0.2, -0.15) is 5.10 Å². The number of carbonyl (C=O) groups is 1. The summed E-state index contributed by atoms with van der Waals surface area (Å²) in [6.45, 7) is 4.66. The van der Waals surface area contributed by atoms with Crippen LogP contribution < -0.4 is 14.9 Å². The largest absolute Gasteiger partial charge is 0.490 e. The summed E-state index contributed by atoms with van der Waals surface area (Å²) in [6.07, 6.45) is 1.57. The molecular weight excluding hydrogens is 400 g/mol. The predicted octanol–water partition coefficient (Wildman–Crippen LogP) is 5.39. The molecule has 3 aromatic carbocycles. The molecule has 0 atom stereocenters. The van der Waals surface area contributed by atoms with Gasteiger partial charge in [0.1, 0.15) is 6.61 Å². The first kappa shape index (κ1) is 21.4. The Balaban J connectivity index is 1.67. The molecular formula is C24H23ClN2O3. The Morgan fingerprint density at radius 3 is 2.63 bits per heavy atom. The standard InChI is InChI=1S/C24H23ClN2O3/c1-3-29-23-14-18(15-26-27-24(28)21-10-5-4-7-17(21)2)11-12-22(23)30-16-19-8-6-9-20(25)13-19/h4-15H,3,16H2,1-2H3,(H,27,28)/b26-15-. The summed E-state index contributed by atoms with van der Waals surface area (Å²) < 4.78 is 11.6. The Kier molecular flexibility index (Phi) is 7.46. The van der Waals surface area contributed by atoms with Crippen LogP contribution in [-0.4, -0.2) is 18.7 Å². The van der Waals surface area contributed by atoms with Crippen molar-refractivity contribution in [2.24, 2.45) is 5.10 Å². The molecule has 0 bridgehead atoms. The minimum absolute atomic E-state index is 0.254. The van der Waals surface area contributed by atoms with Gasteiger partial charge in [0.2, 0.25) is 0 Å². The average molecular weight is 423 g/mol. The van der Waals surface area contributed by atoms with Crippen LogP contribution in [0.4, 0.5) is 0 Å². The van der Waals surface area contributed by atoms with E-state index < -0.39 is 0 Å². The van der Waals surface area contributed by atoms with E-state index in [0.29, 0.717) is 35.3 Å². The van der Waals surface area contributed by atoms with Crippen molar-refractivity contribution >= 4 is 23.7 Å². The third-order valence-corrected chi connectivity index (χ3v) is 4.56. The summed E-state index contributed by atoms with van der Waals surface area (Å²) in [5.41, 5.74) is 5.78. The third kappa shape index (κ3) is 5.84. The smallest absolute Gasteiger partial charge is 0.271 e. The molecule has 30 heavy (non-hydrogen) atoms. The van der Waals surface area contributed by atoms with Crippen molar-refractivity contribution in [2.75, 3.05) is 6.61 Å². The molecule has 0 saturated carbocycles. The molecule has 0 aromatic heterocycles. The molecule has 0 spiro atoms. The van der Waals surface area contributed by atoms with E-state index in [1.54, 1.807) is 12.3 Å². The van der Waals surface area contributed by atoms with Gasteiger partial charge in [-0.15, -0.1) is 0 Å². The third-order valence-electron chi connectivity index (χ3n) is 4.32. The second-order valence-corrected chi connectivity index (χ2v) is 7.01. The van der Waals surface area contributed by atoms with E-state index in [2.05, 4.69) is 10.5 Å². The maximum absolute atomic E-state index is 12.2. The number of aryl methyl sites for hydroxylation is 1. The maximum atomic E-state index is 12.2. The summed E-state index contributed by atoms with van der Waals surface area (Å²) in [5.74, 6) is 0.975. The number of nitrogens with one attached hydrogen (secondary N) is 1. The highest BCUT2D eigenvalue weighted by atomic mass is 35.5. The second-order valence-electron chi connectivity index (χ2n) is 6.57. The summed E-state index contributed by atoms with van der Waals surface area (Å²) in [4.78, 5) is 12.2. The Morgan fingerprint density at radius 2 is 1.87 bits per heavy atom. The van der Waals surface area contributed by atoms with Gasteiger partial charge >= 0.3 is 0 Å². The van der Waals surface area contributed by atoms with Crippen LogP contribution >= 0.6 is 11.6 Å². The highest BCUT2D eigenvalue weighted by Crippen LogP contribution is 2.29. The first-order valence-corrected chi connectivity index (χ1v) is 9.97. The van der Waals surface area contributed by atoms with E-state index in [-0.39, 0.29) is 5.91 Å². The van der Waals surface area contributed by atoms with Crippen molar-refractivity contribution in [3.05, 3.63) is 94.0 Å². The van der Waals surface area contributed by atoms with Gasteiger partial charge < -0.3 is 9.47 Å². The fourth-order valence-electron chi connectivity index (χ4n) is 2.83. The summed E-state index contributed by atoms with van der Waals surface area (Å²) in [6, 6.07) is 20.4. The summed E-state index contributed by atoms with van der Waals surface area (Å²) in [7, 11) is 0. The van der Waals surface area contributed by atoms with E-state index in [0.717, 1.165) is 16.7 Å². The first-order valence-electron chi connectivity index (χ1n) is 9.60. The van der Waals surface area contributed by atoms with E-state index in [1.165, 1.54) is 0 Å². The van der Waals surface area contributed by atoms with Gasteiger partial charge in [-0.05, 0) is 66.9 Å². The lowest BCUT2D eigenvalue weighted by atomic mass is 10.1. The number of carbonyl (C=O) groups excluding carboxylic acids is 1. The Labute approximate surface area is 181 Å². The number of halogens is 1. The number of hydrazone groups is 1. The Morgan fingerprint density at radius 1 is 1.03 bits per heavy atom. The van der Waals surface area contributed by atoms with E-state index in [4.69, 9.17) is 21.1 Å². The van der Waals surface area contributed by atoms with E-state index in [1.807, 2.05) is 74.5 Å². The molecule has 0 saturated heterocycles. The second kappa shape index (κ2) is 10.5. The lowest BCUT2D eigenvalue weighted by Crippen LogP contribution is -2.18. The van der Waals surface area contributed by atoms with Gasteiger partial charge in [0, 0.05) is 10.6 Å². The zero-order valence-electron chi connectivity index (χ0n) is 16.9. The van der Waals surface area contributed by atoms with Crippen LogP contribution in [0.25, 0.3) is 0 Å². The minimum Gasteiger partial charge on any atom is -0.490 e. The number of nitrogens with zero attached hydrogens (tertiary/aromatic N) is 1. The summed E-state index contributed by atoms with van der Waals surface area (Å²) >= 11 is 6.02. The first-order chi connectivity index (χ1) is 14.6. The van der Waals surface area contributed by atoms with Crippen molar-refractivity contribution in [3.63, 3.8) is 0 Å². The number of benzene rings is 3. The number of amides is 1. The number of ether oxygens (including phenoxy) is 2. The van der Waals surface area contributed by atoms with Crippen LogP contribution in [0.15, 0.2) is 71.8 Å². The van der Waals surface area contributed by atoms with Crippen molar-refractivity contribution in [1.29, 1.82) is 0 Å². The molecule has 3 rings (SSSR count). The highest BCUT2D eigenvalue weighted by Gasteiger charge is 2.08. The van der Waals surface area contributed by atoms with Crippen LogP contribution in [0.5, 0.6) is 11.5 Å². The molecule has 0 aliphatic heterocycles. The van der Waals surface area contributed by atoms with Gasteiger partial charge in [-0.1, -0.05) is 41.9 Å². The molecule has 0 aliphatic rings. The molecule has 154 valence electrons. The number of hydrogen-bond acceptors (Lipinski definition) is 4. The SMILES string of the molecule is CCOc1cc(/C=N\NC(=O)c2ccccc2C)ccc1OCc1cccc(Cl)c1. The molecule has 1 N–H and O–H groups in total. The Bertz CT molecular complexity index is 1050. The minimum atomic E-state index is -0.254. The van der Waals surface area contributed by atoms with Crippen molar-refractivity contribution < 1.29 is 14.3 Å². The van der Waals surface area contributed by atoms with Gasteiger partial charge in [0.25, 0.3) is 5.91 Å². The van der Waals surface area contributed by atoms with Crippen LogP contribution in [0.2, 0.25) is 5.02 Å². The molecule has 1 amide bonds. The molecule has 0 heterocycles. The number of rotatable bonds is 8. The van der Waals surface area contributed by atoms with Crippen molar-refractivity contribution in [1.82, 2.24) is 5.43 Å². The molecule has 5 nitrogen and oxygen atoms in total. The molecule has 0 fully saturated rings. The normalized spacial score (nSPS) is 10.8. The zero-order chi connectivity index (χ0) is 21.3. The monoisotopic (exact) mass is 422 g/mol. The van der Waals surface area contributed by atoms with Crippen LogP contribution in [0.3, 0.4) is 0 Å². The van der Waals surface area contributed by atoms with Gasteiger partial charge in [-0.3, -0.25) is 4.79 Å². The van der Waals surface area contributed by atoms with Crippen LogP contribution in [0.1, 0.15) is 34.0 Å². The average Bonchev–Trinajstić information content (AvgIpc) is 2.74. The fourth-order valence-corrected chi connectivity index (χ4v) is 3.05. The van der Waals surface area contributed by atoms with Gasteiger partial charge in [0.15, 0.2) is 11.5 Å². The lowest BCUT2D eigenvalue weighted by molar-refractivity contribution is 0.0954. The molecule has 0 unspecified atom stereocenters. The van der Waals surface area contributed by atoms with E-state index in [9.17, 15) is 4.79 Å².